The number of carbonyl (C=O) groups is 4. The van der Waals surface area contributed by atoms with E-state index < -0.39 is 29.8 Å². The van der Waals surface area contributed by atoms with Crippen LogP contribution in [0.25, 0.3) is 43.2 Å². The second-order valence-electron chi connectivity index (χ2n) is 21.0. The standard InChI is InChI=1S/C60H68ClFN10O10S/c1-35(2)52(50-27-36(3)68-82-50)59(78)72-32-43(75)30-49(72)58(77)65-48(39-11-13-40(14-12-39)56-37(4)64-34-83-56)33-81-26-25-80-24-23-79-22-21-69(6)51(76)15-16-63-60-66-55-46(57(67-60)71-19-17-70(18-20-71)38(5)73)31-47(61)53(54(55)62)45-29-42(74)28-41-9-7-8-10-44(41)45/h7-14,27-29,31,34-35,43,49,52,74-75H,15-26,30,32-33H2,1-6H3,(H,63,66,67)/b65-48+/t43-,49+,52?/m1/s1. The summed E-state index contributed by atoms with van der Waals surface area (Å²) in [5.41, 5.74) is 5.77. The minimum atomic E-state index is -1.00. The minimum absolute atomic E-state index is 0.00367. The first-order valence-corrected chi connectivity index (χ1v) is 28.9. The SMILES string of the molecule is CC(=O)N1CCN(c2nc(NCCC(=O)N(C)CCOCCOCCOC/C(=N\C(=O)[C@@H]3C[C@@H](O)CN3C(=O)C(c3cc(C)no3)C(C)C)c3ccc(-c4scnc4C)cc3)nc3c(F)c(-c4cc(O)cc5ccccc45)c(Cl)cc23)CC1. The topological polar surface area (TPSA) is 238 Å². The molecule has 3 aromatic heterocycles. The molecule has 20 nitrogen and oxygen atoms in total. The van der Waals surface area contributed by atoms with Gasteiger partial charge in [-0.25, -0.2) is 19.4 Å². The van der Waals surface area contributed by atoms with Gasteiger partial charge < -0.3 is 53.9 Å². The zero-order valence-corrected chi connectivity index (χ0v) is 48.8. The lowest BCUT2D eigenvalue weighted by Gasteiger charge is -2.35. The second-order valence-corrected chi connectivity index (χ2v) is 22.3. The number of carbonyl (C=O) groups excluding carboxylic acids is 4. The molecule has 2 saturated heterocycles. The number of aromatic hydroxyl groups is 1. The fourth-order valence-electron chi connectivity index (χ4n) is 10.4. The Bertz CT molecular complexity index is 3500. The summed E-state index contributed by atoms with van der Waals surface area (Å²) >= 11 is 8.42. The molecule has 0 spiro atoms. The van der Waals surface area contributed by atoms with Crippen LogP contribution in [0.1, 0.15) is 62.2 Å². The Kier molecular flexibility index (Phi) is 19.8. The highest BCUT2D eigenvalue weighted by atomic mass is 35.5. The normalized spacial score (nSPS) is 16.1. The van der Waals surface area contributed by atoms with E-state index in [-0.39, 0.29) is 117 Å². The fourth-order valence-corrected chi connectivity index (χ4v) is 11.5. The number of piperazine rings is 1. The summed E-state index contributed by atoms with van der Waals surface area (Å²) in [5, 5.41) is 30.4. The number of phenolic OH excluding ortho intramolecular Hbond substituents is 1. The molecule has 4 aromatic carbocycles. The first kappa shape index (κ1) is 60.1. The molecular weight excluding hydrogens is 1110 g/mol. The number of likely N-dealkylation sites (tertiary alicyclic amines) is 1. The maximum Gasteiger partial charge on any atom is 0.268 e. The number of fused-ring (bicyclic) bond motifs is 2. The van der Waals surface area contributed by atoms with Gasteiger partial charge in [0.15, 0.2) is 5.82 Å². The lowest BCUT2D eigenvalue weighted by Crippen LogP contribution is -2.48. The third-order valence-corrected chi connectivity index (χ3v) is 16.1. The largest absolute Gasteiger partial charge is 0.508 e. The van der Waals surface area contributed by atoms with Crippen LogP contribution in [0.4, 0.5) is 16.2 Å². The molecular formula is C60H68ClFN10O10S. The Morgan fingerprint density at radius 2 is 1.66 bits per heavy atom. The highest BCUT2D eigenvalue weighted by molar-refractivity contribution is 7.13. The molecule has 2 fully saturated rings. The average molecular weight is 1180 g/mol. The van der Waals surface area contributed by atoms with Crippen LogP contribution >= 0.6 is 22.9 Å². The molecule has 2 aliphatic rings. The molecule has 5 heterocycles. The average Bonchev–Trinajstić information content (AvgIpc) is 4.03. The van der Waals surface area contributed by atoms with E-state index in [4.69, 9.17) is 35.3 Å². The number of thiazole rings is 1. The van der Waals surface area contributed by atoms with E-state index in [1.54, 1.807) is 47.5 Å². The summed E-state index contributed by atoms with van der Waals surface area (Å²) in [6.07, 6.45) is -0.810. The Morgan fingerprint density at radius 1 is 0.940 bits per heavy atom. The number of aryl methyl sites for hydroxylation is 2. The molecule has 0 bridgehead atoms. The van der Waals surface area contributed by atoms with Crippen molar-refractivity contribution >= 4 is 85.7 Å². The summed E-state index contributed by atoms with van der Waals surface area (Å²) in [6, 6.07) is 20.3. The van der Waals surface area contributed by atoms with E-state index in [2.05, 4.69) is 25.4 Å². The van der Waals surface area contributed by atoms with Gasteiger partial charge in [-0.05, 0) is 65.4 Å². The summed E-state index contributed by atoms with van der Waals surface area (Å²) in [5.74, 6) is -1.83. The van der Waals surface area contributed by atoms with E-state index in [9.17, 15) is 29.4 Å². The van der Waals surface area contributed by atoms with Crippen molar-refractivity contribution in [1.29, 1.82) is 0 Å². The monoisotopic (exact) mass is 1170 g/mol. The van der Waals surface area contributed by atoms with E-state index in [0.717, 1.165) is 16.1 Å². The van der Waals surface area contributed by atoms with Crippen molar-refractivity contribution in [3.05, 3.63) is 112 Å². The molecule has 23 heteroatoms. The van der Waals surface area contributed by atoms with Crippen LogP contribution in [0.3, 0.4) is 0 Å². The number of amides is 4. The highest BCUT2D eigenvalue weighted by Crippen LogP contribution is 2.43. The Morgan fingerprint density at radius 3 is 2.35 bits per heavy atom. The number of phenols is 1. The van der Waals surface area contributed by atoms with Crippen LogP contribution in [0.15, 0.2) is 87.8 Å². The molecule has 7 aromatic rings. The first-order chi connectivity index (χ1) is 39.9. The molecule has 9 rings (SSSR count). The fraction of sp³-hybridized carbons (Fsp3) is 0.417. The smallest absolute Gasteiger partial charge is 0.268 e. The van der Waals surface area contributed by atoms with Gasteiger partial charge in [0.1, 0.15) is 34.8 Å². The van der Waals surface area contributed by atoms with Crippen LogP contribution in [-0.2, 0) is 33.4 Å². The number of anilines is 2. The maximum absolute atomic E-state index is 17.0. The third-order valence-electron chi connectivity index (χ3n) is 14.8. The number of rotatable bonds is 23. The van der Waals surface area contributed by atoms with Gasteiger partial charge in [-0.3, -0.25) is 19.2 Å². The van der Waals surface area contributed by atoms with Gasteiger partial charge in [-0.15, -0.1) is 11.3 Å². The number of aliphatic hydroxyl groups is 1. The molecule has 3 N–H and O–H groups in total. The number of hydrogen-bond donors (Lipinski definition) is 3. The zero-order chi connectivity index (χ0) is 58.9. The van der Waals surface area contributed by atoms with Gasteiger partial charge >= 0.3 is 0 Å². The number of aromatic nitrogens is 4. The van der Waals surface area contributed by atoms with Gasteiger partial charge in [-0.1, -0.05) is 79.1 Å². The molecule has 0 saturated carbocycles. The molecule has 4 amide bonds. The Labute approximate surface area is 489 Å². The molecule has 3 atom stereocenters. The number of aliphatic imine (C=N–C) groups is 1. The van der Waals surface area contributed by atoms with Crippen molar-refractivity contribution in [1.82, 2.24) is 34.8 Å². The first-order valence-electron chi connectivity index (χ1n) is 27.6. The number of nitrogens with zero attached hydrogens (tertiary/aromatic N) is 9. The number of halogens is 2. The van der Waals surface area contributed by atoms with Crippen LogP contribution < -0.4 is 10.2 Å². The number of nitrogens with one attached hydrogen (secondary N) is 1. The van der Waals surface area contributed by atoms with E-state index in [1.807, 2.05) is 74.2 Å². The van der Waals surface area contributed by atoms with Gasteiger partial charge in [0.05, 0.1) is 78.3 Å². The highest BCUT2D eigenvalue weighted by Gasteiger charge is 2.43. The number of β-amino-alcohol motifs (C(OH)–C–C–N with tert-alkyl or cyclic N) is 1. The third kappa shape index (κ3) is 14.3. The predicted molar refractivity (Wildman–Crippen MR) is 316 cm³/mol. The van der Waals surface area contributed by atoms with Crippen molar-refractivity contribution in [3.63, 3.8) is 0 Å². The Hall–Kier alpha value is -7.47. The number of hydrogen-bond acceptors (Lipinski definition) is 17. The van der Waals surface area contributed by atoms with Gasteiger partial charge in [-0.2, -0.15) is 4.98 Å². The number of likely N-dealkylation sites (N-methyl/N-ethyl adjacent to an activating group) is 1. The summed E-state index contributed by atoms with van der Waals surface area (Å²) in [4.78, 5) is 79.6. The van der Waals surface area contributed by atoms with Crippen LogP contribution in [0.5, 0.6) is 5.75 Å². The lowest BCUT2D eigenvalue weighted by molar-refractivity contribution is -0.139. The molecule has 2 aliphatic heterocycles. The van der Waals surface area contributed by atoms with E-state index in [0.29, 0.717) is 83.0 Å². The quantitative estimate of drug-likeness (QED) is 0.0405. The van der Waals surface area contributed by atoms with E-state index >= 15 is 4.39 Å². The lowest BCUT2D eigenvalue weighted by atomic mass is 9.91. The Balaban J connectivity index is 0.760. The van der Waals surface area contributed by atoms with Crippen LogP contribution in [-0.4, -0.2) is 179 Å². The predicted octanol–water partition coefficient (Wildman–Crippen LogP) is 8.07. The van der Waals surface area contributed by atoms with Crippen molar-refractivity contribution in [2.45, 2.75) is 65.5 Å². The van der Waals surface area contributed by atoms with Gasteiger partial charge in [0.2, 0.25) is 23.7 Å². The number of ether oxygens (including phenoxy) is 3. The molecule has 1 unspecified atom stereocenters. The molecule has 0 aliphatic carbocycles. The van der Waals surface area contributed by atoms with Crippen LogP contribution in [0.2, 0.25) is 5.02 Å². The summed E-state index contributed by atoms with van der Waals surface area (Å²) in [6.45, 7) is 12.3. The zero-order valence-electron chi connectivity index (χ0n) is 47.3. The molecule has 83 heavy (non-hydrogen) atoms. The molecule has 438 valence electrons. The van der Waals surface area contributed by atoms with Crippen molar-refractivity contribution in [3.8, 4) is 27.3 Å². The maximum atomic E-state index is 17.0. The van der Waals surface area contributed by atoms with Crippen molar-refractivity contribution in [2.24, 2.45) is 10.9 Å². The van der Waals surface area contributed by atoms with E-state index in [1.165, 1.54) is 29.2 Å². The van der Waals surface area contributed by atoms with Gasteiger partial charge in [0, 0.05) is 89.6 Å². The minimum Gasteiger partial charge on any atom is -0.508 e. The summed E-state index contributed by atoms with van der Waals surface area (Å²) in [7, 11) is 1.67. The molecule has 0 radical (unpaired) electrons. The second kappa shape index (κ2) is 27.3. The van der Waals surface area contributed by atoms with Gasteiger partial charge in [0.25, 0.3) is 5.91 Å². The van der Waals surface area contributed by atoms with Crippen molar-refractivity contribution in [2.75, 3.05) is 103 Å². The number of aliphatic hydroxyl groups excluding tert-OH is 1. The van der Waals surface area contributed by atoms with Crippen LogP contribution in [0, 0.1) is 25.6 Å². The van der Waals surface area contributed by atoms with Crippen molar-refractivity contribution < 1.29 is 52.5 Å². The summed E-state index contributed by atoms with van der Waals surface area (Å²) < 4.78 is 40.1. The number of benzene rings is 4.